The number of nitrogens with two attached hydrogens (primary N) is 1. The number of rotatable bonds is 33. The summed E-state index contributed by atoms with van der Waals surface area (Å²) in [4.78, 5) is 35.0. The van der Waals surface area contributed by atoms with Crippen LogP contribution in [0.5, 0.6) is 0 Å². The molecule has 0 aromatic rings. The fourth-order valence-electron chi connectivity index (χ4n) is 5.72. The number of carbonyl (C=O) groups is 2. The highest BCUT2D eigenvalue weighted by Gasteiger charge is 2.35. The van der Waals surface area contributed by atoms with Gasteiger partial charge in [-0.3, -0.25) is 18.6 Å². The number of unbranched alkanes of at least 4 members (excludes halogenated alkanes) is 5. The molecule has 0 amide bonds. The number of allylic oxidation sites excluding steroid dienone is 10. The third-order valence-electron chi connectivity index (χ3n) is 8.87. The molecule has 1 rings (SSSR count). The number of aliphatic hydroxyl groups excluding tert-OH is 3. The highest BCUT2D eigenvalue weighted by molar-refractivity contribution is 7.47. The standard InChI is InChI=1S/C43H72NO12P/c1-3-5-7-8-9-10-11-12-13-14-15-16-17-18-23-27-41(47)52-34-37(35-54-57(50,51)53-32-31-44)55-42(48)28-24-20-19-22-26-38-39(46)33-43(49)56-40(38)30-29-36(45)25-21-6-4-2/h5,7,9-10,12-13,15-16,19,22,29-30,36-40,43,45-46,49H,3-4,6,8,11,14,17-18,20-21,23-28,31-35,44H2,1-2H3,(H,50,51)/b7-5-,10-9-,13-12-,16-15-,22-19-,30-29+/t36-,37+,38-,39-,40+,43?/m0/s1. The Hall–Kier alpha value is -2.71. The van der Waals surface area contributed by atoms with Gasteiger partial charge in [-0.2, -0.15) is 0 Å². The molecule has 0 saturated carbocycles. The summed E-state index contributed by atoms with van der Waals surface area (Å²) in [7, 11) is -4.47. The SMILES string of the molecule is CC/C=C\C/C=C\C/C=C\C/C=C\CCCCC(=O)OC[C@H](COP(=O)(O)OCCN)OC(=O)CCC/C=C\C[C@H]1[C@@H](O)CC(O)O[C@@H]1/C=C/[C@@H](O)CCCCC. The molecule has 326 valence electrons. The maximum atomic E-state index is 12.7. The lowest BCUT2D eigenvalue weighted by Gasteiger charge is -2.36. The van der Waals surface area contributed by atoms with E-state index in [1.807, 2.05) is 12.2 Å². The topological polar surface area (TPSA) is 204 Å². The molecule has 1 aliphatic heterocycles. The van der Waals surface area contributed by atoms with E-state index in [0.29, 0.717) is 32.1 Å². The predicted octanol–water partition coefficient (Wildman–Crippen LogP) is 7.60. The molecule has 0 aromatic carbocycles. The van der Waals surface area contributed by atoms with Crippen molar-refractivity contribution in [1.29, 1.82) is 0 Å². The fourth-order valence-corrected chi connectivity index (χ4v) is 6.49. The zero-order valence-electron chi connectivity index (χ0n) is 34.3. The van der Waals surface area contributed by atoms with Crippen molar-refractivity contribution in [2.45, 2.75) is 154 Å². The van der Waals surface area contributed by atoms with Crippen LogP contribution in [0.2, 0.25) is 0 Å². The van der Waals surface area contributed by atoms with Gasteiger partial charge >= 0.3 is 19.8 Å². The van der Waals surface area contributed by atoms with Gasteiger partial charge in [0, 0.05) is 31.7 Å². The van der Waals surface area contributed by atoms with E-state index < -0.39 is 57.1 Å². The summed E-state index contributed by atoms with van der Waals surface area (Å²) in [6.45, 7) is 3.11. The van der Waals surface area contributed by atoms with Gasteiger partial charge in [0.25, 0.3) is 0 Å². The van der Waals surface area contributed by atoms with Gasteiger partial charge in [0.2, 0.25) is 0 Å². The lowest BCUT2D eigenvalue weighted by atomic mass is 9.87. The molecule has 1 fully saturated rings. The minimum atomic E-state index is -4.47. The lowest BCUT2D eigenvalue weighted by molar-refractivity contribution is -0.199. The van der Waals surface area contributed by atoms with Gasteiger partial charge in [0.15, 0.2) is 12.4 Å². The van der Waals surface area contributed by atoms with Crippen molar-refractivity contribution in [3.05, 3.63) is 72.9 Å². The second-order valence-corrected chi connectivity index (χ2v) is 15.5. The molecule has 0 bridgehead atoms. The van der Waals surface area contributed by atoms with Gasteiger partial charge in [0.1, 0.15) is 6.61 Å². The van der Waals surface area contributed by atoms with Crippen LogP contribution >= 0.6 is 7.82 Å². The van der Waals surface area contributed by atoms with Gasteiger partial charge in [-0.1, -0.05) is 106 Å². The van der Waals surface area contributed by atoms with Crippen LogP contribution in [-0.2, 0) is 37.4 Å². The van der Waals surface area contributed by atoms with Crippen molar-refractivity contribution in [3.8, 4) is 0 Å². The number of phosphoric ester groups is 1. The van der Waals surface area contributed by atoms with E-state index in [0.717, 1.165) is 57.8 Å². The lowest BCUT2D eigenvalue weighted by Crippen LogP contribution is -2.43. The van der Waals surface area contributed by atoms with Gasteiger partial charge in [0.05, 0.1) is 31.5 Å². The summed E-state index contributed by atoms with van der Waals surface area (Å²) in [6.07, 6.45) is 31.3. The first-order valence-corrected chi connectivity index (χ1v) is 22.3. The van der Waals surface area contributed by atoms with Crippen LogP contribution in [0.15, 0.2) is 72.9 Å². The van der Waals surface area contributed by atoms with E-state index >= 15 is 0 Å². The monoisotopic (exact) mass is 825 g/mol. The highest BCUT2D eigenvalue weighted by Crippen LogP contribution is 2.43. The quantitative estimate of drug-likeness (QED) is 0.0187. The van der Waals surface area contributed by atoms with Crippen LogP contribution in [0, 0.1) is 5.92 Å². The first-order valence-electron chi connectivity index (χ1n) is 20.8. The van der Waals surface area contributed by atoms with Gasteiger partial charge in [-0.25, -0.2) is 4.57 Å². The average molecular weight is 826 g/mol. The number of hydrogen-bond donors (Lipinski definition) is 5. The molecule has 0 radical (unpaired) electrons. The first kappa shape index (κ1) is 52.3. The summed E-state index contributed by atoms with van der Waals surface area (Å²) < 4.78 is 38.3. The first-order chi connectivity index (χ1) is 27.5. The van der Waals surface area contributed by atoms with E-state index in [-0.39, 0.29) is 44.9 Å². The molecule has 2 unspecified atom stereocenters. The Bertz CT molecular complexity index is 1280. The predicted molar refractivity (Wildman–Crippen MR) is 223 cm³/mol. The van der Waals surface area contributed by atoms with E-state index in [1.54, 1.807) is 12.2 Å². The molecule has 7 atom stereocenters. The zero-order valence-corrected chi connectivity index (χ0v) is 35.2. The van der Waals surface area contributed by atoms with Crippen LogP contribution in [0.4, 0.5) is 0 Å². The highest BCUT2D eigenvalue weighted by atomic mass is 31.2. The second-order valence-electron chi connectivity index (χ2n) is 14.0. The van der Waals surface area contributed by atoms with Crippen molar-refractivity contribution < 1.29 is 57.6 Å². The van der Waals surface area contributed by atoms with Crippen molar-refractivity contribution in [3.63, 3.8) is 0 Å². The Morgan fingerprint density at radius 2 is 1.47 bits per heavy atom. The largest absolute Gasteiger partial charge is 0.472 e. The minimum Gasteiger partial charge on any atom is -0.462 e. The maximum absolute atomic E-state index is 12.7. The molecule has 1 saturated heterocycles. The number of ether oxygens (including phenoxy) is 3. The Balaban J connectivity index is 2.51. The Labute approximate surface area is 341 Å². The molecule has 57 heavy (non-hydrogen) atoms. The third kappa shape index (κ3) is 29.2. The zero-order chi connectivity index (χ0) is 42.0. The number of aliphatic hydroxyl groups is 3. The summed E-state index contributed by atoms with van der Waals surface area (Å²) in [5.41, 5.74) is 5.33. The van der Waals surface area contributed by atoms with Crippen LogP contribution in [-0.4, -0.2) is 89.2 Å². The van der Waals surface area contributed by atoms with Gasteiger partial charge in [-0.05, 0) is 70.6 Å². The van der Waals surface area contributed by atoms with Crippen LogP contribution < -0.4 is 5.73 Å². The molecular formula is C43H72NO12P. The molecule has 1 heterocycles. The van der Waals surface area contributed by atoms with Crippen LogP contribution in [0.25, 0.3) is 0 Å². The summed E-state index contributed by atoms with van der Waals surface area (Å²) in [5, 5.41) is 30.9. The van der Waals surface area contributed by atoms with Crippen molar-refractivity contribution in [2.75, 3.05) is 26.4 Å². The average Bonchev–Trinajstić information content (AvgIpc) is 3.17. The second kappa shape index (κ2) is 34.2. The van der Waals surface area contributed by atoms with E-state index in [9.17, 15) is 34.4 Å². The molecule has 0 spiro atoms. The fraction of sp³-hybridized carbons (Fsp3) is 0.674. The van der Waals surface area contributed by atoms with Gasteiger partial charge in [-0.15, -0.1) is 0 Å². The van der Waals surface area contributed by atoms with Crippen molar-refractivity contribution in [1.82, 2.24) is 0 Å². The number of carbonyl (C=O) groups excluding carboxylic acids is 2. The summed E-state index contributed by atoms with van der Waals surface area (Å²) in [5.74, 6) is -1.41. The molecule has 0 aliphatic carbocycles. The Morgan fingerprint density at radius 1 is 0.825 bits per heavy atom. The normalized spacial score (nSPS) is 21.4. The van der Waals surface area contributed by atoms with E-state index in [4.69, 9.17) is 29.0 Å². The molecule has 1 aliphatic rings. The molecular weight excluding hydrogens is 753 g/mol. The van der Waals surface area contributed by atoms with E-state index in [1.165, 1.54) is 0 Å². The van der Waals surface area contributed by atoms with Crippen LogP contribution in [0.3, 0.4) is 0 Å². The minimum absolute atomic E-state index is 0.000234. The molecule has 6 N–H and O–H groups in total. The third-order valence-corrected chi connectivity index (χ3v) is 9.86. The van der Waals surface area contributed by atoms with Crippen LogP contribution in [0.1, 0.15) is 123 Å². The van der Waals surface area contributed by atoms with Crippen molar-refractivity contribution >= 4 is 19.8 Å². The summed E-state index contributed by atoms with van der Waals surface area (Å²) >= 11 is 0. The number of phosphoric acid groups is 1. The molecule has 14 heteroatoms. The number of hydrogen-bond acceptors (Lipinski definition) is 12. The molecule has 13 nitrogen and oxygen atoms in total. The summed E-state index contributed by atoms with van der Waals surface area (Å²) in [6, 6.07) is 0. The Kier molecular flexibility index (Phi) is 31.4. The van der Waals surface area contributed by atoms with Crippen molar-refractivity contribution in [2.24, 2.45) is 11.7 Å². The smallest absolute Gasteiger partial charge is 0.462 e. The molecule has 0 aromatic heterocycles. The number of esters is 2. The van der Waals surface area contributed by atoms with Gasteiger partial charge < -0.3 is 40.2 Å². The van der Waals surface area contributed by atoms with E-state index in [2.05, 4.69) is 62.5 Å². The Morgan fingerprint density at radius 3 is 2.16 bits per heavy atom. The maximum Gasteiger partial charge on any atom is 0.472 e.